The minimum Gasteiger partial charge on any atom is -0.480 e. The number of ether oxygens (including phenoxy) is 1. The van der Waals surface area contributed by atoms with Crippen LogP contribution < -0.4 is 10.1 Å². The molecule has 2 aromatic heterocycles. The lowest BCUT2D eigenvalue weighted by Crippen LogP contribution is -2.12. The Balaban J connectivity index is 1.83. The summed E-state index contributed by atoms with van der Waals surface area (Å²) in [5, 5.41) is 7.47. The monoisotopic (exact) mass is 328 g/mol. The molecule has 116 valence electrons. The maximum atomic E-state index is 12.3. The van der Waals surface area contributed by atoms with Crippen LogP contribution in [0.2, 0.25) is 5.02 Å². The molecule has 3 aromatic rings. The number of carbonyl (C=O) groups is 1. The topological polar surface area (TPSA) is 69.0 Å². The molecule has 7 heteroatoms. The van der Waals surface area contributed by atoms with Crippen LogP contribution in [-0.2, 0) is 0 Å². The van der Waals surface area contributed by atoms with E-state index in [1.165, 1.54) is 13.3 Å². The zero-order valence-corrected chi connectivity index (χ0v) is 13.0. The van der Waals surface area contributed by atoms with E-state index in [0.29, 0.717) is 27.8 Å². The maximum absolute atomic E-state index is 12.3. The van der Waals surface area contributed by atoms with Gasteiger partial charge in [0.25, 0.3) is 5.91 Å². The number of nitrogens with one attached hydrogen (secondary N) is 1. The normalized spacial score (nSPS) is 10.3. The van der Waals surface area contributed by atoms with Crippen LogP contribution in [0.25, 0.3) is 5.69 Å². The highest BCUT2D eigenvalue weighted by Gasteiger charge is 2.13. The number of hydrogen-bond acceptors (Lipinski definition) is 4. The molecule has 0 unspecified atom stereocenters. The molecule has 0 spiro atoms. The number of halogens is 1. The van der Waals surface area contributed by atoms with Crippen molar-refractivity contribution in [1.29, 1.82) is 0 Å². The van der Waals surface area contributed by atoms with Gasteiger partial charge in [0.1, 0.15) is 5.69 Å². The second-order valence-corrected chi connectivity index (χ2v) is 5.05. The molecular weight excluding hydrogens is 316 g/mol. The first-order valence-electron chi connectivity index (χ1n) is 6.79. The number of methoxy groups -OCH3 is 1. The van der Waals surface area contributed by atoms with E-state index in [1.54, 1.807) is 35.3 Å². The van der Waals surface area contributed by atoms with Gasteiger partial charge in [-0.3, -0.25) is 4.79 Å². The summed E-state index contributed by atoms with van der Waals surface area (Å²) in [6.45, 7) is 0. The number of aromatic nitrogens is 3. The second-order valence-electron chi connectivity index (χ2n) is 4.64. The van der Waals surface area contributed by atoms with Gasteiger partial charge in [0.2, 0.25) is 5.88 Å². The number of rotatable bonds is 4. The number of pyridine rings is 1. The summed E-state index contributed by atoms with van der Waals surface area (Å²) < 4.78 is 6.66. The molecule has 0 radical (unpaired) electrons. The molecule has 0 aliphatic heterocycles. The van der Waals surface area contributed by atoms with Crippen LogP contribution in [0.3, 0.4) is 0 Å². The summed E-state index contributed by atoms with van der Waals surface area (Å²) in [6.07, 6.45) is 4.67. The Labute approximate surface area is 137 Å². The molecule has 1 amide bonds. The van der Waals surface area contributed by atoms with Crippen molar-refractivity contribution in [3.05, 3.63) is 65.6 Å². The van der Waals surface area contributed by atoms with E-state index >= 15 is 0 Å². The van der Waals surface area contributed by atoms with E-state index in [4.69, 9.17) is 16.3 Å². The van der Waals surface area contributed by atoms with Crippen molar-refractivity contribution in [1.82, 2.24) is 14.8 Å². The smallest absolute Gasteiger partial charge is 0.259 e. The van der Waals surface area contributed by atoms with E-state index in [0.717, 1.165) is 0 Å². The van der Waals surface area contributed by atoms with Crippen molar-refractivity contribution in [3.63, 3.8) is 0 Å². The molecule has 0 bridgehead atoms. The fourth-order valence-electron chi connectivity index (χ4n) is 2.05. The van der Waals surface area contributed by atoms with E-state index in [2.05, 4.69) is 15.4 Å². The van der Waals surface area contributed by atoms with Gasteiger partial charge in [0.15, 0.2) is 0 Å². The fourth-order valence-corrected chi connectivity index (χ4v) is 2.27. The molecule has 6 nitrogen and oxygen atoms in total. The molecule has 3 rings (SSSR count). The lowest BCUT2D eigenvalue weighted by Gasteiger charge is -2.07. The van der Waals surface area contributed by atoms with Crippen molar-refractivity contribution in [2.75, 3.05) is 12.4 Å². The maximum Gasteiger partial charge on any atom is 0.259 e. The molecule has 0 fully saturated rings. The lowest BCUT2D eigenvalue weighted by atomic mass is 10.3. The number of para-hydroxylation sites is 1. The van der Waals surface area contributed by atoms with Crippen LogP contribution in [-0.4, -0.2) is 27.8 Å². The van der Waals surface area contributed by atoms with E-state index < -0.39 is 0 Å². The quantitative estimate of drug-likeness (QED) is 0.798. The van der Waals surface area contributed by atoms with Gasteiger partial charge >= 0.3 is 0 Å². The zero-order valence-electron chi connectivity index (χ0n) is 12.2. The molecule has 1 N–H and O–H groups in total. The van der Waals surface area contributed by atoms with Gasteiger partial charge in [0.05, 0.1) is 29.6 Å². The number of nitrogens with zero attached hydrogens (tertiary/aromatic N) is 3. The van der Waals surface area contributed by atoms with Gasteiger partial charge < -0.3 is 10.1 Å². The molecule has 1 aromatic carbocycles. The van der Waals surface area contributed by atoms with Crippen LogP contribution in [0.5, 0.6) is 5.88 Å². The molecule has 0 aliphatic rings. The van der Waals surface area contributed by atoms with Crippen molar-refractivity contribution in [2.45, 2.75) is 0 Å². The Morgan fingerprint density at radius 2 is 2.09 bits per heavy atom. The van der Waals surface area contributed by atoms with Gasteiger partial charge in [-0.15, -0.1) is 0 Å². The van der Waals surface area contributed by atoms with Crippen molar-refractivity contribution < 1.29 is 9.53 Å². The van der Waals surface area contributed by atoms with Crippen LogP contribution in [0.1, 0.15) is 10.4 Å². The molecule has 0 saturated carbocycles. The number of hydrogen-bond donors (Lipinski definition) is 1. The van der Waals surface area contributed by atoms with Gasteiger partial charge in [-0.2, -0.15) is 5.10 Å². The first-order valence-corrected chi connectivity index (χ1v) is 7.17. The highest BCUT2D eigenvalue weighted by Crippen LogP contribution is 2.22. The average molecular weight is 329 g/mol. The molecular formula is C16H13ClN4O2. The minimum absolute atomic E-state index is 0.311. The van der Waals surface area contributed by atoms with E-state index in [-0.39, 0.29) is 5.91 Å². The summed E-state index contributed by atoms with van der Waals surface area (Å²) in [6, 6.07) is 10.7. The van der Waals surface area contributed by atoms with Crippen LogP contribution in [0.15, 0.2) is 55.0 Å². The zero-order chi connectivity index (χ0) is 16.2. The predicted molar refractivity (Wildman–Crippen MR) is 87.3 cm³/mol. The highest BCUT2D eigenvalue weighted by molar-refractivity contribution is 6.32. The standard InChI is InChI=1S/C16H13ClN4O2/c1-23-16-13(6-4-8-18-16)20-15(22)11-9-19-21(10-11)14-7-3-2-5-12(14)17/h2-10H,1H3,(H,20,22). The summed E-state index contributed by atoms with van der Waals surface area (Å²) in [5.41, 5.74) is 1.59. The first kappa shape index (κ1) is 15.1. The number of carbonyl (C=O) groups excluding carboxylic acids is 1. The van der Waals surface area contributed by atoms with Crippen LogP contribution in [0, 0.1) is 0 Å². The summed E-state index contributed by atoms with van der Waals surface area (Å²) >= 11 is 6.13. The van der Waals surface area contributed by atoms with Crippen molar-refractivity contribution in [3.8, 4) is 11.6 Å². The van der Waals surface area contributed by atoms with Crippen molar-refractivity contribution >= 4 is 23.2 Å². The lowest BCUT2D eigenvalue weighted by molar-refractivity contribution is 0.102. The number of benzene rings is 1. The summed E-state index contributed by atoms with van der Waals surface area (Å²) in [7, 11) is 1.49. The third-order valence-electron chi connectivity index (χ3n) is 3.16. The molecule has 23 heavy (non-hydrogen) atoms. The predicted octanol–water partition coefficient (Wildman–Crippen LogP) is 3.18. The van der Waals surface area contributed by atoms with Crippen LogP contribution >= 0.6 is 11.6 Å². The second kappa shape index (κ2) is 6.50. The Kier molecular flexibility index (Phi) is 4.25. The SMILES string of the molecule is COc1ncccc1NC(=O)c1cnn(-c2ccccc2Cl)c1. The van der Waals surface area contributed by atoms with E-state index in [1.807, 2.05) is 18.2 Å². The Morgan fingerprint density at radius 3 is 2.87 bits per heavy atom. The van der Waals surface area contributed by atoms with Gasteiger partial charge in [-0.1, -0.05) is 23.7 Å². The largest absolute Gasteiger partial charge is 0.480 e. The van der Waals surface area contributed by atoms with Gasteiger partial charge in [0, 0.05) is 12.4 Å². The molecule has 0 aliphatic carbocycles. The molecule has 0 saturated heterocycles. The highest BCUT2D eigenvalue weighted by atomic mass is 35.5. The Morgan fingerprint density at radius 1 is 1.26 bits per heavy atom. The minimum atomic E-state index is -0.311. The summed E-state index contributed by atoms with van der Waals surface area (Å²) in [5.74, 6) is 0.0361. The van der Waals surface area contributed by atoms with Gasteiger partial charge in [-0.05, 0) is 24.3 Å². The molecule has 0 atom stereocenters. The Bertz CT molecular complexity index is 847. The van der Waals surface area contributed by atoms with Gasteiger partial charge in [-0.25, -0.2) is 9.67 Å². The molecule has 2 heterocycles. The summed E-state index contributed by atoms with van der Waals surface area (Å²) in [4.78, 5) is 16.4. The third kappa shape index (κ3) is 3.17. The fraction of sp³-hybridized carbons (Fsp3) is 0.0625. The Hall–Kier alpha value is -2.86. The average Bonchev–Trinajstić information content (AvgIpc) is 3.05. The van der Waals surface area contributed by atoms with Crippen molar-refractivity contribution in [2.24, 2.45) is 0 Å². The van der Waals surface area contributed by atoms with Crippen LogP contribution in [0.4, 0.5) is 5.69 Å². The number of amides is 1. The van der Waals surface area contributed by atoms with E-state index in [9.17, 15) is 4.79 Å². The number of anilines is 1. The first-order chi connectivity index (χ1) is 11.2. The third-order valence-corrected chi connectivity index (χ3v) is 3.48.